The Morgan fingerprint density at radius 2 is 1.91 bits per heavy atom. The van der Waals surface area contributed by atoms with Gasteiger partial charge < -0.3 is 19.7 Å². The lowest BCUT2D eigenvalue weighted by Gasteiger charge is -2.14. The maximum absolute atomic E-state index is 12.4. The lowest BCUT2D eigenvalue weighted by molar-refractivity contribution is 0.0952. The summed E-state index contributed by atoms with van der Waals surface area (Å²) in [5.74, 6) is 1.79. The molecule has 3 aromatic rings. The summed E-state index contributed by atoms with van der Waals surface area (Å²) in [6, 6.07) is 14.4. The van der Waals surface area contributed by atoms with Crippen LogP contribution in [0.15, 0.2) is 52.9 Å². The summed E-state index contributed by atoms with van der Waals surface area (Å²) in [6.45, 7) is 6.11. The smallest absolute Gasteiger partial charge is 0.251 e. The number of hydrogen-bond acceptors (Lipinski definition) is 7. The van der Waals surface area contributed by atoms with Gasteiger partial charge in [-0.2, -0.15) is 0 Å². The van der Waals surface area contributed by atoms with Gasteiger partial charge in [-0.05, 0) is 75.0 Å². The van der Waals surface area contributed by atoms with E-state index in [0.29, 0.717) is 23.9 Å². The van der Waals surface area contributed by atoms with E-state index in [-0.39, 0.29) is 16.9 Å². The van der Waals surface area contributed by atoms with Gasteiger partial charge in [0.05, 0.1) is 0 Å². The van der Waals surface area contributed by atoms with Crippen molar-refractivity contribution in [3.05, 3.63) is 65.5 Å². The molecule has 1 fully saturated rings. The van der Waals surface area contributed by atoms with Crippen molar-refractivity contribution in [1.82, 2.24) is 20.4 Å². The van der Waals surface area contributed by atoms with E-state index in [9.17, 15) is 9.90 Å². The lowest BCUT2D eigenvalue weighted by atomic mass is 10.1. The SMILES string of the molecule is CCSC(c1nnc(-c2ccc(C(=O)NCCCN3CCCC3)cc2)o1)c1ccccc1O. The number of para-hydroxylation sites is 1. The van der Waals surface area contributed by atoms with Gasteiger partial charge >= 0.3 is 0 Å². The maximum Gasteiger partial charge on any atom is 0.251 e. The third-order valence-corrected chi connectivity index (χ3v) is 6.87. The summed E-state index contributed by atoms with van der Waals surface area (Å²) in [4.78, 5) is 14.9. The quantitative estimate of drug-likeness (QED) is 0.425. The van der Waals surface area contributed by atoms with E-state index in [1.54, 1.807) is 36.0 Å². The minimum Gasteiger partial charge on any atom is -0.508 e. The molecule has 1 aromatic heterocycles. The van der Waals surface area contributed by atoms with E-state index in [2.05, 4.69) is 20.4 Å². The number of rotatable bonds is 10. The topological polar surface area (TPSA) is 91.5 Å². The molecule has 1 aliphatic heterocycles. The number of phenolic OH excluding ortho intramolecular Hbond substituents is 1. The minimum absolute atomic E-state index is 0.0758. The third kappa shape index (κ3) is 5.94. The van der Waals surface area contributed by atoms with Crippen LogP contribution in [0.1, 0.15) is 53.2 Å². The number of phenols is 1. The summed E-state index contributed by atoms with van der Waals surface area (Å²) in [6.07, 6.45) is 3.53. The van der Waals surface area contributed by atoms with Gasteiger partial charge in [0, 0.05) is 23.2 Å². The fraction of sp³-hybridized carbons (Fsp3) is 0.400. The van der Waals surface area contributed by atoms with Crippen LogP contribution in [0.3, 0.4) is 0 Å². The predicted octanol–water partition coefficient (Wildman–Crippen LogP) is 4.50. The number of hydrogen-bond donors (Lipinski definition) is 2. The second-order valence-corrected chi connectivity index (χ2v) is 9.46. The summed E-state index contributed by atoms with van der Waals surface area (Å²) >= 11 is 1.62. The number of amides is 1. The van der Waals surface area contributed by atoms with Crippen LogP contribution < -0.4 is 5.32 Å². The summed E-state index contributed by atoms with van der Waals surface area (Å²) in [7, 11) is 0. The molecule has 1 unspecified atom stereocenters. The number of thioether (sulfide) groups is 1. The van der Waals surface area contributed by atoms with E-state index in [4.69, 9.17) is 4.42 Å². The van der Waals surface area contributed by atoms with Crippen molar-refractivity contribution in [3.63, 3.8) is 0 Å². The number of carbonyl (C=O) groups excluding carboxylic acids is 1. The monoisotopic (exact) mass is 466 g/mol. The molecule has 0 saturated carbocycles. The minimum atomic E-state index is -0.247. The first kappa shape index (κ1) is 23.3. The molecule has 1 amide bonds. The molecule has 7 nitrogen and oxygen atoms in total. The normalized spacial score (nSPS) is 14.9. The zero-order valence-corrected chi connectivity index (χ0v) is 19.7. The molecule has 33 heavy (non-hydrogen) atoms. The van der Waals surface area contributed by atoms with Gasteiger partial charge in [-0.1, -0.05) is 25.1 Å². The maximum atomic E-state index is 12.4. The Kier molecular flexibility index (Phi) is 8.01. The number of aromatic nitrogens is 2. The molecule has 2 N–H and O–H groups in total. The van der Waals surface area contributed by atoms with E-state index in [1.807, 2.05) is 31.2 Å². The van der Waals surface area contributed by atoms with Crippen molar-refractivity contribution >= 4 is 17.7 Å². The van der Waals surface area contributed by atoms with Crippen LogP contribution >= 0.6 is 11.8 Å². The van der Waals surface area contributed by atoms with Crippen molar-refractivity contribution in [2.45, 2.75) is 31.4 Å². The Morgan fingerprint density at radius 1 is 1.15 bits per heavy atom. The number of nitrogens with one attached hydrogen (secondary N) is 1. The molecular formula is C25H30N4O3S. The van der Waals surface area contributed by atoms with Gasteiger partial charge in [-0.3, -0.25) is 4.79 Å². The van der Waals surface area contributed by atoms with Crippen molar-refractivity contribution in [1.29, 1.82) is 0 Å². The molecule has 0 bridgehead atoms. The summed E-state index contributed by atoms with van der Waals surface area (Å²) in [5.41, 5.74) is 2.10. The number of aromatic hydroxyl groups is 1. The van der Waals surface area contributed by atoms with Crippen LogP contribution in [-0.4, -0.2) is 58.0 Å². The predicted molar refractivity (Wildman–Crippen MR) is 130 cm³/mol. The Labute approximate surface area is 198 Å². The fourth-order valence-corrected chi connectivity index (χ4v) is 4.95. The zero-order valence-electron chi connectivity index (χ0n) is 18.9. The standard InChI is InChI=1S/C25H30N4O3S/c1-2-33-22(20-8-3-4-9-21(20)30)25-28-27-24(32-25)19-12-10-18(11-13-19)23(31)26-14-7-17-29-15-5-6-16-29/h3-4,8-13,22,30H,2,5-7,14-17H2,1H3,(H,26,31). The highest BCUT2D eigenvalue weighted by molar-refractivity contribution is 7.99. The zero-order chi connectivity index (χ0) is 23.0. The molecule has 1 saturated heterocycles. The Morgan fingerprint density at radius 3 is 2.64 bits per heavy atom. The van der Waals surface area contributed by atoms with E-state index in [1.165, 1.54) is 25.9 Å². The second-order valence-electron chi connectivity index (χ2n) is 8.08. The number of nitrogens with zero attached hydrogens (tertiary/aromatic N) is 3. The Hall–Kier alpha value is -2.84. The van der Waals surface area contributed by atoms with Crippen molar-refractivity contribution in [2.75, 3.05) is 31.9 Å². The molecule has 1 aliphatic rings. The molecule has 4 rings (SSSR count). The highest BCUT2D eigenvalue weighted by Gasteiger charge is 2.24. The average Bonchev–Trinajstić information content (AvgIpc) is 3.53. The summed E-state index contributed by atoms with van der Waals surface area (Å²) in [5, 5.41) is 21.5. The van der Waals surface area contributed by atoms with Crippen LogP contribution in [0.5, 0.6) is 5.75 Å². The molecule has 0 aliphatic carbocycles. The second kappa shape index (κ2) is 11.3. The molecule has 2 heterocycles. The molecule has 2 aromatic carbocycles. The number of likely N-dealkylation sites (tertiary alicyclic amines) is 1. The largest absolute Gasteiger partial charge is 0.508 e. The van der Waals surface area contributed by atoms with Gasteiger partial charge in [-0.15, -0.1) is 22.0 Å². The van der Waals surface area contributed by atoms with Crippen LogP contribution in [0, 0.1) is 0 Å². The van der Waals surface area contributed by atoms with E-state index >= 15 is 0 Å². The van der Waals surface area contributed by atoms with Crippen LogP contribution in [0.25, 0.3) is 11.5 Å². The number of carbonyl (C=O) groups is 1. The Bertz CT molecular complexity index is 1050. The van der Waals surface area contributed by atoms with Gasteiger partial charge in [0.15, 0.2) is 0 Å². The number of benzene rings is 2. The lowest BCUT2D eigenvalue weighted by Crippen LogP contribution is -2.28. The van der Waals surface area contributed by atoms with Gasteiger partial charge in [0.2, 0.25) is 11.8 Å². The molecule has 1 atom stereocenters. The van der Waals surface area contributed by atoms with Crippen LogP contribution in [0.4, 0.5) is 0 Å². The van der Waals surface area contributed by atoms with Crippen LogP contribution in [0.2, 0.25) is 0 Å². The van der Waals surface area contributed by atoms with Gasteiger partial charge in [0.1, 0.15) is 11.0 Å². The molecule has 0 radical (unpaired) electrons. The highest BCUT2D eigenvalue weighted by atomic mass is 32.2. The van der Waals surface area contributed by atoms with Crippen molar-refractivity contribution in [3.8, 4) is 17.2 Å². The van der Waals surface area contributed by atoms with Crippen molar-refractivity contribution < 1.29 is 14.3 Å². The Balaban J connectivity index is 1.37. The van der Waals surface area contributed by atoms with Gasteiger partial charge in [0.25, 0.3) is 5.91 Å². The molecule has 174 valence electrons. The van der Waals surface area contributed by atoms with E-state index in [0.717, 1.165) is 29.8 Å². The molecule has 8 heteroatoms. The van der Waals surface area contributed by atoms with Crippen LogP contribution in [-0.2, 0) is 0 Å². The van der Waals surface area contributed by atoms with Gasteiger partial charge in [-0.25, -0.2) is 0 Å². The van der Waals surface area contributed by atoms with E-state index < -0.39 is 0 Å². The summed E-state index contributed by atoms with van der Waals surface area (Å²) < 4.78 is 5.96. The van der Waals surface area contributed by atoms with Crippen molar-refractivity contribution in [2.24, 2.45) is 0 Å². The third-order valence-electron chi connectivity index (χ3n) is 5.75. The first-order chi connectivity index (χ1) is 16.2. The first-order valence-corrected chi connectivity index (χ1v) is 12.5. The highest BCUT2D eigenvalue weighted by Crippen LogP contribution is 2.39. The fourth-order valence-electron chi connectivity index (χ4n) is 4.00. The molecule has 0 spiro atoms. The average molecular weight is 467 g/mol. The molecular weight excluding hydrogens is 436 g/mol. The first-order valence-electron chi connectivity index (χ1n) is 11.5.